The Balaban J connectivity index is 3.06. The molecule has 0 saturated heterocycles. The van der Waals surface area contributed by atoms with Gasteiger partial charge in [-0.2, -0.15) is 8.42 Å². The summed E-state index contributed by atoms with van der Waals surface area (Å²) < 4.78 is 30.2. The van der Waals surface area contributed by atoms with E-state index in [-0.39, 0.29) is 4.90 Å². The Kier molecular flexibility index (Phi) is 2.90. The third kappa shape index (κ3) is 2.71. The van der Waals surface area contributed by atoms with Crippen molar-refractivity contribution >= 4 is 15.8 Å². The molecule has 0 aliphatic heterocycles. The SMILES string of the molecule is CCNc1cccc(S(=O)(=O)O)c1. The maximum atomic E-state index is 10.7. The highest BCUT2D eigenvalue weighted by atomic mass is 32.2. The van der Waals surface area contributed by atoms with Gasteiger partial charge in [-0.15, -0.1) is 0 Å². The molecule has 5 heteroatoms. The fourth-order valence-electron chi connectivity index (χ4n) is 0.971. The molecule has 0 heterocycles. The highest BCUT2D eigenvalue weighted by molar-refractivity contribution is 7.85. The first-order chi connectivity index (χ1) is 6.04. The Morgan fingerprint density at radius 2 is 2.15 bits per heavy atom. The lowest BCUT2D eigenvalue weighted by Crippen LogP contribution is -2.01. The molecule has 0 amide bonds. The first kappa shape index (κ1) is 10.0. The van der Waals surface area contributed by atoms with Gasteiger partial charge in [0.1, 0.15) is 0 Å². The van der Waals surface area contributed by atoms with Gasteiger partial charge in [0.15, 0.2) is 0 Å². The topological polar surface area (TPSA) is 66.4 Å². The summed E-state index contributed by atoms with van der Waals surface area (Å²) in [5.74, 6) is 0. The zero-order valence-corrected chi connectivity index (χ0v) is 8.00. The van der Waals surface area contributed by atoms with Crippen molar-refractivity contribution in [1.82, 2.24) is 0 Å². The van der Waals surface area contributed by atoms with Crippen molar-refractivity contribution in [2.75, 3.05) is 11.9 Å². The first-order valence-electron chi connectivity index (χ1n) is 3.85. The molecule has 0 aromatic heterocycles. The molecule has 0 saturated carbocycles. The van der Waals surface area contributed by atoms with Crippen molar-refractivity contribution in [1.29, 1.82) is 0 Å². The number of hydrogen-bond acceptors (Lipinski definition) is 3. The molecule has 13 heavy (non-hydrogen) atoms. The number of nitrogens with one attached hydrogen (secondary N) is 1. The van der Waals surface area contributed by atoms with Gasteiger partial charge in [0.2, 0.25) is 0 Å². The van der Waals surface area contributed by atoms with E-state index in [4.69, 9.17) is 4.55 Å². The van der Waals surface area contributed by atoms with Crippen LogP contribution in [0, 0.1) is 0 Å². The van der Waals surface area contributed by atoms with Gasteiger partial charge < -0.3 is 5.32 Å². The Bertz CT molecular complexity index is 386. The van der Waals surface area contributed by atoms with Gasteiger partial charge in [0, 0.05) is 12.2 Å². The molecule has 0 fully saturated rings. The van der Waals surface area contributed by atoms with Crippen molar-refractivity contribution in [2.45, 2.75) is 11.8 Å². The predicted octanol–water partition coefficient (Wildman–Crippen LogP) is 1.37. The van der Waals surface area contributed by atoms with E-state index in [1.165, 1.54) is 12.1 Å². The molecular weight excluding hydrogens is 190 g/mol. The van der Waals surface area contributed by atoms with E-state index in [1.54, 1.807) is 12.1 Å². The quantitative estimate of drug-likeness (QED) is 0.725. The van der Waals surface area contributed by atoms with E-state index in [9.17, 15) is 8.42 Å². The second-order valence-corrected chi connectivity index (χ2v) is 3.95. The van der Waals surface area contributed by atoms with Crippen LogP contribution in [0.4, 0.5) is 5.69 Å². The molecule has 0 radical (unpaired) electrons. The zero-order chi connectivity index (χ0) is 9.90. The molecule has 0 bridgehead atoms. The molecule has 0 atom stereocenters. The van der Waals surface area contributed by atoms with Gasteiger partial charge in [0.25, 0.3) is 10.1 Å². The maximum Gasteiger partial charge on any atom is 0.294 e. The Labute approximate surface area is 77.3 Å². The highest BCUT2D eigenvalue weighted by Crippen LogP contribution is 2.14. The van der Waals surface area contributed by atoms with Crippen LogP contribution in [0.15, 0.2) is 29.2 Å². The largest absolute Gasteiger partial charge is 0.385 e. The van der Waals surface area contributed by atoms with E-state index in [1.807, 2.05) is 6.92 Å². The average molecular weight is 201 g/mol. The summed E-state index contributed by atoms with van der Waals surface area (Å²) in [6.07, 6.45) is 0. The van der Waals surface area contributed by atoms with Gasteiger partial charge >= 0.3 is 0 Å². The number of rotatable bonds is 3. The van der Waals surface area contributed by atoms with Crippen LogP contribution in [0.25, 0.3) is 0 Å². The lowest BCUT2D eigenvalue weighted by atomic mass is 10.3. The van der Waals surface area contributed by atoms with Crippen molar-refractivity contribution < 1.29 is 13.0 Å². The van der Waals surface area contributed by atoms with E-state index in [0.717, 1.165) is 0 Å². The van der Waals surface area contributed by atoms with E-state index in [0.29, 0.717) is 12.2 Å². The normalized spacial score (nSPS) is 11.2. The molecule has 0 aliphatic carbocycles. The average Bonchev–Trinajstić information content (AvgIpc) is 2.04. The third-order valence-electron chi connectivity index (χ3n) is 1.51. The predicted molar refractivity (Wildman–Crippen MR) is 50.4 cm³/mol. The molecule has 0 spiro atoms. The zero-order valence-electron chi connectivity index (χ0n) is 7.19. The fourth-order valence-corrected chi connectivity index (χ4v) is 1.50. The van der Waals surface area contributed by atoms with Gasteiger partial charge in [-0.1, -0.05) is 6.07 Å². The minimum atomic E-state index is -4.08. The van der Waals surface area contributed by atoms with Crippen molar-refractivity contribution in [2.24, 2.45) is 0 Å². The van der Waals surface area contributed by atoms with Gasteiger partial charge in [-0.3, -0.25) is 4.55 Å². The molecule has 4 nitrogen and oxygen atoms in total. The van der Waals surface area contributed by atoms with Crippen LogP contribution in [0.2, 0.25) is 0 Å². The van der Waals surface area contributed by atoms with Crippen molar-refractivity contribution in [3.8, 4) is 0 Å². The smallest absolute Gasteiger partial charge is 0.294 e. The molecule has 0 unspecified atom stereocenters. The lowest BCUT2D eigenvalue weighted by molar-refractivity contribution is 0.483. The summed E-state index contributed by atoms with van der Waals surface area (Å²) in [5.41, 5.74) is 0.678. The lowest BCUT2D eigenvalue weighted by Gasteiger charge is -2.03. The maximum absolute atomic E-state index is 10.7. The first-order valence-corrected chi connectivity index (χ1v) is 5.29. The molecule has 1 rings (SSSR count). The summed E-state index contributed by atoms with van der Waals surface area (Å²) >= 11 is 0. The highest BCUT2D eigenvalue weighted by Gasteiger charge is 2.08. The van der Waals surface area contributed by atoms with Crippen LogP contribution in [0.5, 0.6) is 0 Å². The molecule has 1 aromatic rings. The van der Waals surface area contributed by atoms with Crippen molar-refractivity contribution in [3.63, 3.8) is 0 Å². The van der Waals surface area contributed by atoms with Crippen LogP contribution in [-0.4, -0.2) is 19.5 Å². The number of anilines is 1. The molecule has 72 valence electrons. The summed E-state index contributed by atoms with van der Waals surface area (Å²) in [6, 6.07) is 6.04. The monoisotopic (exact) mass is 201 g/mol. The molecule has 2 N–H and O–H groups in total. The van der Waals surface area contributed by atoms with E-state index < -0.39 is 10.1 Å². The second kappa shape index (κ2) is 3.76. The van der Waals surface area contributed by atoms with Crippen LogP contribution in [-0.2, 0) is 10.1 Å². The Hall–Kier alpha value is -1.07. The number of benzene rings is 1. The minimum absolute atomic E-state index is 0.0917. The molecule has 0 aliphatic rings. The number of hydrogen-bond donors (Lipinski definition) is 2. The summed E-state index contributed by atoms with van der Waals surface area (Å²) in [7, 11) is -4.08. The molecular formula is C8H11NO3S. The minimum Gasteiger partial charge on any atom is -0.385 e. The van der Waals surface area contributed by atoms with Gasteiger partial charge in [-0.25, -0.2) is 0 Å². The summed E-state index contributed by atoms with van der Waals surface area (Å²) in [5, 5.41) is 2.94. The second-order valence-electron chi connectivity index (χ2n) is 2.53. The summed E-state index contributed by atoms with van der Waals surface area (Å²) in [4.78, 5) is -0.0917. The van der Waals surface area contributed by atoms with Crippen LogP contribution >= 0.6 is 0 Å². The van der Waals surface area contributed by atoms with E-state index >= 15 is 0 Å². The standard InChI is InChI=1S/C8H11NO3S/c1-2-9-7-4-3-5-8(6-7)13(10,11)12/h3-6,9H,2H2,1H3,(H,10,11,12). The fraction of sp³-hybridized carbons (Fsp3) is 0.250. The van der Waals surface area contributed by atoms with Crippen LogP contribution in [0.3, 0.4) is 0 Å². The Morgan fingerprint density at radius 3 is 2.69 bits per heavy atom. The van der Waals surface area contributed by atoms with E-state index in [2.05, 4.69) is 5.32 Å². The van der Waals surface area contributed by atoms with Crippen LogP contribution < -0.4 is 5.32 Å². The van der Waals surface area contributed by atoms with Crippen LogP contribution in [0.1, 0.15) is 6.92 Å². The third-order valence-corrected chi connectivity index (χ3v) is 2.36. The van der Waals surface area contributed by atoms with Crippen molar-refractivity contribution in [3.05, 3.63) is 24.3 Å². The molecule has 1 aromatic carbocycles. The van der Waals surface area contributed by atoms with Gasteiger partial charge in [0.05, 0.1) is 4.90 Å². The summed E-state index contributed by atoms with van der Waals surface area (Å²) in [6.45, 7) is 2.61. The Morgan fingerprint density at radius 1 is 1.46 bits per heavy atom. The van der Waals surface area contributed by atoms with Gasteiger partial charge in [-0.05, 0) is 25.1 Å².